The minimum atomic E-state index is -0.165. The Morgan fingerprint density at radius 3 is 2.61 bits per heavy atom. The van der Waals surface area contributed by atoms with Gasteiger partial charge in [0.1, 0.15) is 36.0 Å². The number of nitrogen functional groups attached to an aromatic ring is 1. The van der Waals surface area contributed by atoms with Crippen LogP contribution in [0.2, 0.25) is 5.02 Å². The Balaban J connectivity index is 1.57. The molecule has 0 aliphatic carbocycles. The van der Waals surface area contributed by atoms with Gasteiger partial charge in [0.2, 0.25) is 0 Å². The highest BCUT2D eigenvalue weighted by molar-refractivity contribution is 6.31. The summed E-state index contributed by atoms with van der Waals surface area (Å²) in [5.74, 6) is 0.841. The van der Waals surface area contributed by atoms with Crippen molar-refractivity contribution in [2.75, 3.05) is 5.73 Å². The smallest absolute Gasteiger partial charge is 0.262 e. The van der Waals surface area contributed by atoms with Gasteiger partial charge in [-0.15, -0.1) is 0 Å². The molecule has 0 aliphatic heterocycles. The summed E-state index contributed by atoms with van der Waals surface area (Å²) in [6, 6.07) is 19.7. The average Bonchev–Trinajstić information content (AvgIpc) is 3.27. The molecule has 0 fully saturated rings. The van der Waals surface area contributed by atoms with E-state index in [0.29, 0.717) is 44.0 Å². The molecule has 0 amide bonds. The lowest BCUT2D eigenvalue weighted by Crippen LogP contribution is -2.28. The topological polar surface area (TPSA) is 125 Å². The molecule has 0 unspecified atom stereocenters. The Labute approximate surface area is 221 Å². The van der Waals surface area contributed by atoms with E-state index in [4.69, 9.17) is 27.4 Å². The molecule has 0 saturated carbocycles. The van der Waals surface area contributed by atoms with Crippen LogP contribution in [-0.4, -0.2) is 34.4 Å². The van der Waals surface area contributed by atoms with E-state index in [1.165, 1.54) is 6.33 Å². The number of hydrogen-bond acceptors (Lipinski definition) is 7. The monoisotopic (exact) mass is 523 g/mol. The van der Waals surface area contributed by atoms with E-state index < -0.39 is 0 Å². The number of anilines is 1. The van der Waals surface area contributed by atoms with Gasteiger partial charge in [-0.05, 0) is 42.3 Å². The number of hydrogen-bond donors (Lipinski definition) is 2. The molecule has 188 valence electrons. The van der Waals surface area contributed by atoms with Gasteiger partial charge in [0.05, 0.1) is 22.8 Å². The van der Waals surface area contributed by atoms with E-state index in [1.807, 2.05) is 49.4 Å². The van der Waals surface area contributed by atoms with E-state index >= 15 is 0 Å². The SMILES string of the molecule is Cc1cccc2nc(Cn3nc(-c4cccc(O)c4)c4c(N)ncnc43)n(Cc3ccccc3Cl)c(=O)c12. The molecule has 38 heavy (non-hydrogen) atoms. The van der Waals surface area contributed by atoms with Crippen LogP contribution < -0.4 is 11.3 Å². The van der Waals surface area contributed by atoms with Gasteiger partial charge in [0.15, 0.2) is 5.65 Å². The van der Waals surface area contributed by atoms with Gasteiger partial charge in [-0.1, -0.05) is 54.1 Å². The van der Waals surface area contributed by atoms with E-state index in [1.54, 1.807) is 33.5 Å². The molecule has 10 heteroatoms. The highest BCUT2D eigenvalue weighted by atomic mass is 35.5. The first-order valence-electron chi connectivity index (χ1n) is 11.9. The van der Waals surface area contributed by atoms with Crippen LogP contribution >= 0.6 is 11.6 Å². The maximum absolute atomic E-state index is 13.8. The minimum Gasteiger partial charge on any atom is -0.508 e. The maximum Gasteiger partial charge on any atom is 0.262 e. The lowest BCUT2D eigenvalue weighted by atomic mass is 10.1. The Morgan fingerprint density at radius 2 is 1.79 bits per heavy atom. The summed E-state index contributed by atoms with van der Waals surface area (Å²) in [6.45, 7) is 2.27. The zero-order chi connectivity index (χ0) is 26.4. The van der Waals surface area contributed by atoms with Crippen molar-refractivity contribution in [2.45, 2.75) is 20.0 Å². The maximum atomic E-state index is 13.8. The van der Waals surface area contributed by atoms with Gasteiger partial charge < -0.3 is 10.8 Å². The van der Waals surface area contributed by atoms with E-state index in [9.17, 15) is 9.90 Å². The number of fused-ring (bicyclic) bond motifs is 2. The number of halogens is 1. The fourth-order valence-corrected chi connectivity index (χ4v) is 4.88. The van der Waals surface area contributed by atoms with Crippen LogP contribution in [0.4, 0.5) is 5.82 Å². The zero-order valence-corrected chi connectivity index (χ0v) is 21.1. The first-order chi connectivity index (χ1) is 18.4. The highest BCUT2D eigenvalue weighted by Gasteiger charge is 2.20. The normalized spacial score (nSPS) is 11.4. The van der Waals surface area contributed by atoms with E-state index in [-0.39, 0.29) is 30.2 Å². The summed E-state index contributed by atoms with van der Waals surface area (Å²) in [7, 11) is 0. The molecule has 3 aromatic carbocycles. The second-order valence-corrected chi connectivity index (χ2v) is 9.40. The number of aromatic hydroxyl groups is 1. The third-order valence-electron chi connectivity index (χ3n) is 6.53. The van der Waals surface area contributed by atoms with Crippen LogP contribution in [0.5, 0.6) is 5.75 Å². The standard InChI is InChI=1S/C28H22ClN7O2/c1-16-6-4-11-21-23(16)28(38)35(13-18-7-2-3-10-20(18)29)22(33-21)14-36-27-24(26(30)31-15-32-27)25(34-36)17-8-5-9-19(37)12-17/h2-12,15,37H,13-14H2,1H3,(H2,30,31,32). The van der Waals surface area contributed by atoms with Crippen LogP contribution in [-0.2, 0) is 13.1 Å². The van der Waals surface area contributed by atoms with Crippen molar-refractivity contribution in [1.29, 1.82) is 0 Å². The second-order valence-electron chi connectivity index (χ2n) is 8.99. The quantitative estimate of drug-likeness (QED) is 0.339. The van der Waals surface area contributed by atoms with Crippen molar-refractivity contribution < 1.29 is 5.11 Å². The van der Waals surface area contributed by atoms with Crippen molar-refractivity contribution in [3.63, 3.8) is 0 Å². The Hall–Kier alpha value is -4.76. The number of aryl methyl sites for hydroxylation is 1. The first kappa shape index (κ1) is 23.6. The van der Waals surface area contributed by atoms with Gasteiger partial charge in [-0.2, -0.15) is 5.10 Å². The summed E-state index contributed by atoms with van der Waals surface area (Å²) in [4.78, 5) is 27.3. The van der Waals surface area contributed by atoms with E-state index in [2.05, 4.69) is 9.97 Å². The number of nitrogens with zero attached hydrogens (tertiary/aromatic N) is 6. The Kier molecular flexibility index (Phi) is 5.77. The summed E-state index contributed by atoms with van der Waals surface area (Å²) in [6.07, 6.45) is 1.37. The van der Waals surface area contributed by atoms with Crippen LogP contribution in [0.15, 0.2) is 77.9 Å². The molecule has 6 aromatic rings. The third kappa shape index (κ3) is 4.03. The summed E-state index contributed by atoms with van der Waals surface area (Å²) in [5, 5.41) is 16.5. The van der Waals surface area contributed by atoms with Gasteiger partial charge in [-0.25, -0.2) is 19.6 Å². The number of nitrogens with two attached hydrogens (primary N) is 1. The Bertz CT molecular complexity index is 1910. The van der Waals surface area contributed by atoms with Crippen LogP contribution in [0, 0.1) is 6.92 Å². The first-order valence-corrected chi connectivity index (χ1v) is 12.3. The molecule has 6 rings (SSSR count). The lowest BCUT2D eigenvalue weighted by Gasteiger charge is -2.15. The number of phenols is 1. The average molecular weight is 524 g/mol. The van der Waals surface area contributed by atoms with Crippen molar-refractivity contribution in [1.82, 2.24) is 29.3 Å². The van der Waals surface area contributed by atoms with Gasteiger partial charge in [0.25, 0.3) is 5.56 Å². The molecular weight excluding hydrogens is 502 g/mol. The Morgan fingerprint density at radius 1 is 0.974 bits per heavy atom. The predicted molar refractivity (Wildman–Crippen MR) is 147 cm³/mol. The summed E-state index contributed by atoms with van der Waals surface area (Å²) in [5.41, 5.74) is 9.98. The fourth-order valence-electron chi connectivity index (χ4n) is 4.69. The van der Waals surface area contributed by atoms with Crippen molar-refractivity contribution >= 4 is 39.4 Å². The van der Waals surface area contributed by atoms with Crippen molar-refractivity contribution in [3.8, 4) is 17.0 Å². The number of phenolic OH excluding ortho intramolecular Hbond substituents is 1. The fraction of sp³-hybridized carbons (Fsp3) is 0.107. The van der Waals surface area contributed by atoms with Crippen molar-refractivity contribution in [3.05, 3.63) is 105 Å². The molecule has 0 aliphatic rings. The van der Waals surface area contributed by atoms with Gasteiger partial charge >= 0.3 is 0 Å². The minimum absolute atomic E-state index is 0.0979. The number of benzene rings is 3. The number of aromatic nitrogens is 6. The van der Waals surface area contributed by atoms with Crippen molar-refractivity contribution in [2.24, 2.45) is 0 Å². The van der Waals surface area contributed by atoms with Crippen LogP contribution in [0.3, 0.4) is 0 Å². The molecule has 0 spiro atoms. The van der Waals surface area contributed by atoms with E-state index in [0.717, 1.165) is 11.1 Å². The van der Waals surface area contributed by atoms with Gasteiger partial charge in [0, 0.05) is 10.6 Å². The molecule has 9 nitrogen and oxygen atoms in total. The zero-order valence-electron chi connectivity index (χ0n) is 20.3. The molecule has 0 atom stereocenters. The summed E-state index contributed by atoms with van der Waals surface area (Å²) < 4.78 is 3.28. The largest absolute Gasteiger partial charge is 0.508 e. The third-order valence-corrected chi connectivity index (χ3v) is 6.90. The molecule has 3 N–H and O–H groups in total. The molecule has 0 saturated heterocycles. The number of rotatable bonds is 5. The van der Waals surface area contributed by atoms with Gasteiger partial charge in [-0.3, -0.25) is 9.36 Å². The summed E-state index contributed by atoms with van der Waals surface area (Å²) >= 11 is 6.46. The van der Waals surface area contributed by atoms with Crippen LogP contribution in [0.1, 0.15) is 17.0 Å². The molecule has 0 radical (unpaired) electrons. The highest BCUT2D eigenvalue weighted by Crippen LogP contribution is 2.32. The molecule has 3 heterocycles. The lowest BCUT2D eigenvalue weighted by molar-refractivity contribution is 0.475. The molecular formula is C28H22ClN7O2. The van der Waals surface area contributed by atoms with Crippen LogP contribution in [0.25, 0.3) is 33.2 Å². The molecule has 0 bridgehead atoms. The predicted octanol–water partition coefficient (Wildman–Crippen LogP) is 4.55. The molecule has 3 aromatic heterocycles. The second kappa shape index (κ2) is 9.28.